The predicted molar refractivity (Wildman–Crippen MR) is 181 cm³/mol. The van der Waals surface area contributed by atoms with E-state index in [1.54, 1.807) is 12.3 Å². The average molecular weight is 638 g/mol. The molecule has 1 unspecified atom stereocenters. The maximum absolute atomic E-state index is 13.5. The maximum atomic E-state index is 13.5. The standard InChI is InChI=1S/C36H43N7O4/c1-23-27(6-3-8-29(23)39-35(46)31-12-11-25(22-38-31)21-37-15-19-44)28-7-4-9-30(24(28)2)40-36(47)32-20-34-33(10-5-16-43(34)41-32)42-17-13-26(45)14-18-42/h3-4,6-9,11-12,20,22,26,33,37,44-45H,5,10,13-19,21H2,1-2H3,(H,39,46)(H,40,47). The molecule has 11 nitrogen and oxygen atoms in total. The Hall–Kier alpha value is -4.42. The molecule has 4 heterocycles. The molecule has 6 rings (SSSR count). The minimum atomic E-state index is -0.305. The number of anilines is 2. The van der Waals surface area contributed by atoms with Crippen molar-refractivity contribution in [2.45, 2.75) is 64.8 Å². The molecule has 2 aliphatic heterocycles. The third-order valence-corrected chi connectivity index (χ3v) is 9.30. The number of pyridine rings is 1. The molecule has 1 fully saturated rings. The number of aliphatic hydroxyl groups excluding tert-OH is 2. The zero-order chi connectivity index (χ0) is 32.9. The van der Waals surface area contributed by atoms with Crippen molar-refractivity contribution in [2.24, 2.45) is 0 Å². The molecular formula is C36H43N7O4. The highest BCUT2D eigenvalue weighted by molar-refractivity contribution is 6.05. The number of nitrogens with one attached hydrogen (secondary N) is 3. The van der Waals surface area contributed by atoms with Crippen LogP contribution in [0.2, 0.25) is 0 Å². The van der Waals surface area contributed by atoms with Crippen LogP contribution < -0.4 is 16.0 Å². The molecule has 0 saturated carbocycles. The van der Waals surface area contributed by atoms with Crippen molar-refractivity contribution < 1.29 is 19.8 Å². The molecule has 0 radical (unpaired) electrons. The first-order chi connectivity index (χ1) is 22.8. The van der Waals surface area contributed by atoms with Crippen LogP contribution in [0.1, 0.15) is 75.1 Å². The van der Waals surface area contributed by atoms with Crippen LogP contribution in [-0.4, -0.2) is 74.0 Å². The molecule has 11 heteroatoms. The molecule has 2 aliphatic rings. The van der Waals surface area contributed by atoms with E-state index < -0.39 is 0 Å². The second-order valence-corrected chi connectivity index (χ2v) is 12.4. The monoisotopic (exact) mass is 637 g/mol. The predicted octanol–water partition coefficient (Wildman–Crippen LogP) is 4.44. The van der Waals surface area contributed by atoms with E-state index in [0.717, 1.165) is 78.8 Å². The minimum Gasteiger partial charge on any atom is -0.395 e. The molecule has 2 amide bonds. The average Bonchev–Trinajstić information content (AvgIpc) is 3.53. The number of hydrogen-bond acceptors (Lipinski definition) is 8. The van der Waals surface area contributed by atoms with Crippen molar-refractivity contribution in [3.63, 3.8) is 0 Å². The van der Waals surface area contributed by atoms with Gasteiger partial charge >= 0.3 is 0 Å². The summed E-state index contributed by atoms with van der Waals surface area (Å²) in [6.45, 7) is 7.55. The van der Waals surface area contributed by atoms with Crippen molar-refractivity contribution in [2.75, 3.05) is 36.9 Å². The smallest absolute Gasteiger partial charge is 0.276 e. The van der Waals surface area contributed by atoms with Crippen LogP contribution in [0, 0.1) is 13.8 Å². The van der Waals surface area contributed by atoms with Gasteiger partial charge in [0.05, 0.1) is 24.4 Å². The number of likely N-dealkylation sites (tertiary alicyclic amines) is 1. The third-order valence-electron chi connectivity index (χ3n) is 9.30. The topological polar surface area (TPSA) is 145 Å². The van der Waals surface area contributed by atoms with Gasteiger partial charge in [-0.1, -0.05) is 30.3 Å². The van der Waals surface area contributed by atoms with E-state index in [9.17, 15) is 14.7 Å². The van der Waals surface area contributed by atoms with Crippen LogP contribution in [0.5, 0.6) is 0 Å². The van der Waals surface area contributed by atoms with Gasteiger partial charge in [0, 0.05) is 50.3 Å². The SMILES string of the molecule is Cc1c(NC(=O)c2ccc(CNCCO)cn2)cccc1-c1cccc(NC(=O)c2cc3n(n2)CCCC3N2CCC(O)CC2)c1C. The van der Waals surface area contributed by atoms with Crippen molar-refractivity contribution >= 4 is 23.2 Å². The van der Waals surface area contributed by atoms with Crippen LogP contribution in [0.15, 0.2) is 60.8 Å². The number of carbonyl (C=O) groups excluding carboxylic acids is 2. The minimum absolute atomic E-state index is 0.0607. The molecule has 246 valence electrons. The lowest BCUT2D eigenvalue weighted by molar-refractivity contribution is 0.0512. The molecule has 4 aromatic rings. The van der Waals surface area contributed by atoms with Crippen LogP contribution in [0.3, 0.4) is 0 Å². The Bertz CT molecular complexity index is 1730. The highest BCUT2D eigenvalue weighted by atomic mass is 16.3. The second kappa shape index (κ2) is 14.6. The van der Waals surface area contributed by atoms with E-state index in [-0.39, 0.29) is 30.6 Å². The van der Waals surface area contributed by atoms with Gasteiger partial charge in [-0.05, 0) is 91.6 Å². The summed E-state index contributed by atoms with van der Waals surface area (Å²) in [6.07, 6.45) is 5.01. The van der Waals surface area contributed by atoms with Gasteiger partial charge in [-0.15, -0.1) is 0 Å². The molecule has 47 heavy (non-hydrogen) atoms. The van der Waals surface area contributed by atoms with E-state index in [4.69, 9.17) is 5.11 Å². The molecule has 1 atom stereocenters. The van der Waals surface area contributed by atoms with E-state index in [1.807, 2.05) is 67.1 Å². The van der Waals surface area contributed by atoms with Gasteiger partial charge in [-0.3, -0.25) is 24.2 Å². The number of rotatable bonds is 10. The zero-order valence-corrected chi connectivity index (χ0v) is 27.0. The number of aryl methyl sites for hydroxylation is 1. The second-order valence-electron chi connectivity index (χ2n) is 12.4. The Morgan fingerprint density at radius 2 is 1.53 bits per heavy atom. The summed E-state index contributed by atoms with van der Waals surface area (Å²) >= 11 is 0. The van der Waals surface area contributed by atoms with Crippen molar-refractivity contribution in [3.05, 3.63) is 94.6 Å². The number of amides is 2. The summed E-state index contributed by atoms with van der Waals surface area (Å²) in [7, 11) is 0. The number of carbonyl (C=O) groups is 2. The quantitative estimate of drug-likeness (QED) is 0.161. The van der Waals surface area contributed by atoms with Gasteiger partial charge in [0.25, 0.3) is 11.8 Å². The summed E-state index contributed by atoms with van der Waals surface area (Å²) in [6, 6.07) is 17.3. The zero-order valence-electron chi connectivity index (χ0n) is 27.0. The highest BCUT2D eigenvalue weighted by Crippen LogP contribution is 2.35. The van der Waals surface area contributed by atoms with E-state index in [2.05, 4.69) is 30.9 Å². The fourth-order valence-electron chi connectivity index (χ4n) is 6.61. The van der Waals surface area contributed by atoms with Crippen LogP contribution in [-0.2, 0) is 13.1 Å². The Morgan fingerprint density at radius 1 is 0.872 bits per heavy atom. The molecule has 1 saturated heterocycles. The first-order valence-electron chi connectivity index (χ1n) is 16.4. The Balaban J connectivity index is 1.16. The van der Waals surface area contributed by atoms with E-state index in [1.165, 1.54) is 0 Å². The summed E-state index contributed by atoms with van der Waals surface area (Å²) < 4.78 is 1.97. The highest BCUT2D eigenvalue weighted by Gasteiger charge is 2.31. The summed E-state index contributed by atoms with van der Waals surface area (Å²) in [5.74, 6) is -0.555. The van der Waals surface area contributed by atoms with Gasteiger partial charge in [0.1, 0.15) is 5.69 Å². The number of benzene rings is 2. The van der Waals surface area contributed by atoms with E-state index >= 15 is 0 Å². The number of fused-ring (bicyclic) bond motifs is 1. The van der Waals surface area contributed by atoms with E-state index in [0.29, 0.717) is 35.9 Å². The van der Waals surface area contributed by atoms with Gasteiger partial charge in [0.2, 0.25) is 0 Å². The van der Waals surface area contributed by atoms with Crippen molar-refractivity contribution in [1.29, 1.82) is 0 Å². The summed E-state index contributed by atoms with van der Waals surface area (Å²) in [5, 5.41) is 32.8. The third kappa shape index (κ3) is 7.28. The Labute approximate surface area is 275 Å². The molecule has 0 spiro atoms. The van der Waals surface area contributed by atoms with Crippen LogP contribution >= 0.6 is 0 Å². The summed E-state index contributed by atoms with van der Waals surface area (Å²) in [5.41, 5.74) is 7.78. The number of piperidine rings is 1. The number of hydrogen-bond donors (Lipinski definition) is 5. The van der Waals surface area contributed by atoms with Gasteiger partial charge < -0.3 is 26.2 Å². The molecule has 0 aliphatic carbocycles. The van der Waals surface area contributed by atoms with Crippen molar-refractivity contribution in [3.8, 4) is 11.1 Å². The number of aliphatic hydroxyl groups is 2. The number of nitrogens with zero attached hydrogens (tertiary/aromatic N) is 4. The lowest BCUT2D eigenvalue weighted by Gasteiger charge is -2.38. The fourth-order valence-corrected chi connectivity index (χ4v) is 6.61. The Morgan fingerprint density at radius 3 is 2.15 bits per heavy atom. The maximum Gasteiger partial charge on any atom is 0.276 e. The molecular weight excluding hydrogens is 594 g/mol. The van der Waals surface area contributed by atoms with Gasteiger partial charge in [-0.25, -0.2) is 0 Å². The first kappa shape index (κ1) is 32.5. The molecule has 2 aromatic heterocycles. The number of aromatic nitrogens is 3. The fraction of sp³-hybridized carbons (Fsp3) is 0.389. The lowest BCUT2D eigenvalue weighted by Crippen LogP contribution is -2.40. The van der Waals surface area contributed by atoms with Crippen LogP contribution in [0.4, 0.5) is 11.4 Å². The summed E-state index contributed by atoms with van der Waals surface area (Å²) in [4.78, 5) is 33.3. The van der Waals surface area contributed by atoms with Crippen LogP contribution in [0.25, 0.3) is 11.1 Å². The van der Waals surface area contributed by atoms with Gasteiger partial charge in [-0.2, -0.15) is 5.10 Å². The molecule has 5 N–H and O–H groups in total. The molecule has 0 bridgehead atoms. The first-order valence-corrected chi connectivity index (χ1v) is 16.4. The lowest BCUT2D eigenvalue weighted by atomic mass is 9.94. The molecule has 2 aromatic carbocycles. The van der Waals surface area contributed by atoms with Crippen molar-refractivity contribution in [1.82, 2.24) is 25.0 Å². The Kier molecular flexibility index (Phi) is 10.1. The largest absolute Gasteiger partial charge is 0.395 e. The normalized spacial score (nSPS) is 16.9. The van der Waals surface area contributed by atoms with Gasteiger partial charge in [0.15, 0.2) is 5.69 Å².